The van der Waals surface area contributed by atoms with Crippen molar-refractivity contribution in [3.63, 3.8) is 0 Å². The van der Waals surface area contributed by atoms with Crippen LogP contribution in [0.25, 0.3) is 0 Å². The molecule has 0 saturated heterocycles. The molecule has 25 heavy (non-hydrogen) atoms. The van der Waals surface area contributed by atoms with Crippen molar-refractivity contribution >= 4 is 15.9 Å². The number of allylic oxidation sites excluding steroid dienone is 1. The van der Waals surface area contributed by atoms with Gasteiger partial charge in [0.25, 0.3) is 0 Å². The number of rotatable bonds is 8. The van der Waals surface area contributed by atoms with Gasteiger partial charge in [-0.3, -0.25) is 4.79 Å². The number of nitrogens with one attached hydrogen (secondary N) is 1. The van der Waals surface area contributed by atoms with Gasteiger partial charge < -0.3 is 5.32 Å². The predicted octanol–water partition coefficient (Wildman–Crippen LogP) is 2.76. The van der Waals surface area contributed by atoms with E-state index in [1.807, 2.05) is 31.2 Å². The summed E-state index contributed by atoms with van der Waals surface area (Å²) in [5.74, 6) is -0.256. The Labute approximate surface area is 151 Å². The molecule has 0 aliphatic heterocycles. The first-order valence-electron chi connectivity index (χ1n) is 8.80. The molecule has 138 valence electrons. The minimum absolute atomic E-state index is 0.147. The fourth-order valence-corrected chi connectivity index (χ4v) is 3.63. The second-order valence-corrected chi connectivity index (χ2v) is 8.71. The molecule has 0 saturated carbocycles. The smallest absolute Gasteiger partial charge is 0.235 e. The van der Waals surface area contributed by atoms with Crippen molar-refractivity contribution in [3.8, 4) is 0 Å². The molecule has 0 fully saturated rings. The maximum absolute atomic E-state index is 12.1. The van der Waals surface area contributed by atoms with Crippen LogP contribution in [-0.2, 0) is 21.4 Å². The van der Waals surface area contributed by atoms with Gasteiger partial charge in [-0.25, -0.2) is 8.42 Å². The van der Waals surface area contributed by atoms with Gasteiger partial charge in [0.1, 0.15) is 0 Å². The van der Waals surface area contributed by atoms with Crippen molar-refractivity contribution in [2.45, 2.75) is 45.6 Å². The lowest BCUT2D eigenvalue weighted by atomic mass is 9.97. The van der Waals surface area contributed by atoms with Crippen LogP contribution >= 0.6 is 0 Å². The van der Waals surface area contributed by atoms with Gasteiger partial charge in [0.2, 0.25) is 15.9 Å². The van der Waals surface area contributed by atoms with Crippen molar-refractivity contribution in [1.82, 2.24) is 9.62 Å². The largest absolute Gasteiger partial charge is 0.355 e. The van der Waals surface area contributed by atoms with Crippen LogP contribution in [0.1, 0.15) is 43.2 Å². The van der Waals surface area contributed by atoms with E-state index >= 15 is 0 Å². The Bertz CT molecular complexity index is 709. The van der Waals surface area contributed by atoms with Crippen LogP contribution in [0.15, 0.2) is 35.9 Å². The highest BCUT2D eigenvalue weighted by Gasteiger charge is 2.20. The summed E-state index contributed by atoms with van der Waals surface area (Å²) >= 11 is 0. The number of carbonyl (C=O) groups excluding carboxylic acids is 1. The number of hydrogen-bond donors (Lipinski definition) is 1. The van der Waals surface area contributed by atoms with E-state index in [1.54, 1.807) is 0 Å². The lowest BCUT2D eigenvalue weighted by Crippen LogP contribution is -2.40. The molecule has 0 heterocycles. The van der Waals surface area contributed by atoms with Gasteiger partial charge in [0, 0.05) is 13.1 Å². The summed E-state index contributed by atoms with van der Waals surface area (Å²) in [7, 11) is -3.45. The minimum Gasteiger partial charge on any atom is -0.355 e. The van der Waals surface area contributed by atoms with E-state index in [0.29, 0.717) is 6.54 Å². The molecule has 1 aromatic rings. The van der Waals surface area contributed by atoms with E-state index in [4.69, 9.17) is 0 Å². The zero-order chi connectivity index (χ0) is 18.3. The van der Waals surface area contributed by atoms with Gasteiger partial charge in [-0.05, 0) is 44.6 Å². The molecule has 0 spiro atoms. The van der Waals surface area contributed by atoms with Crippen molar-refractivity contribution in [2.24, 2.45) is 0 Å². The Kier molecular flexibility index (Phi) is 7.20. The van der Waals surface area contributed by atoms with Crippen molar-refractivity contribution < 1.29 is 13.2 Å². The first-order valence-corrected chi connectivity index (χ1v) is 10.6. The molecule has 1 aliphatic rings. The number of hydrogen-bond acceptors (Lipinski definition) is 3. The molecular formula is C19H28N2O3S. The van der Waals surface area contributed by atoms with Crippen LogP contribution in [0.5, 0.6) is 0 Å². The highest BCUT2D eigenvalue weighted by Crippen LogP contribution is 2.19. The molecule has 6 heteroatoms. The Balaban J connectivity index is 1.87. The molecule has 0 radical (unpaired) electrons. The topological polar surface area (TPSA) is 66.5 Å². The van der Waals surface area contributed by atoms with E-state index in [1.165, 1.54) is 22.7 Å². The molecule has 1 amide bonds. The fraction of sp³-hybridized carbons (Fsp3) is 0.526. The number of amides is 1. The quantitative estimate of drug-likeness (QED) is 0.721. The SMILES string of the molecule is Cc1ccc(CN(CC(=O)NCCC2=CCCCC2)S(C)(=O)=O)cc1. The molecule has 0 unspecified atom stereocenters. The standard InChI is InChI=1S/C19H28N2O3S/c1-16-8-10-18(11-9-16)14-21(25(2,23)24)15-19(22)20-13-12-17-6-4-3-5-7-17/h6,8-11H,3-5,7,12-15H2,1-2H3,(H,20,22). The molecule has 0 bridgehead atoms. The summed E-state index contributed by atoms with van der Waals surface area (Å²) in [6.45, 7) is 2.60. The average molecular weight is 365 g/mol. The van der Waals surface area contributed by atoms with Crippen LogP contribution in [0.3, 0.4) is 0 Å². The Morgan fingerprint density at radius 1 is 1.20 bits per heavy atom. The van der Waals surface area contributed by atoms with Gasteiger partial charge in [-0.2, -0.15) is 4.31 Å². The molecule has 0 atom stereocenters. The van der Waals surface area contributed by atoms with Crippen molar-refractivity contribution in [3.05, 3.63) is 47.0 Å². The Morgan fingerprint density at radius 3 is 2.52 bits per heavy atom. The van der Waals surface area contributed by atoms with Gasteiger partial charge in [0.05, 0.1) is 12.8 Å². The average Bonchev–Trinajstić information content (AvgIpc) is 2.56. The summed E-state index contributed by atoms with van der Waals surface area (Å²) in [5, 5.41) is 2.84. The zero-order valence-electron chi connectivity index (χ0n) is 15.1. The van der Waals surface area contributed by atoms with Gasteiger partial charge in [-0.15, -0.1) is 0 Å². The van der Waals surface area contributed by atoms with Crippen LogP contribution in [-0.4, -0.2) is 38.0 Å². The predicted molar refractivity (Wildman–Crippen MR) is 101 cm³/mol. The highest BCUT2D eigenvalue weighted by atomic mass is 32.2. The van der Waals surface area contributed by atoms with Gasteiger partial charge in [0.15, 0.2) is 0 Å². The summed E-state index contributed by atoms with van der Waals surface area (Å²) in [5.41, 5.74) is 3.38. The third-order valence-corrected chi connectivity index (χ3v) is 5.62. The maximum Gasteiger partial charge on any atom is 0.235 e. The van der Waals surface area contributed by atoms with Gasteiger partial charge >= 0.3 is 0 Å². The second-order valence-electron chi connectivity index (χ2n) is 6.72. The van der Waals surface area contributed by atoms with Crippen molar-refractivity contribution in [2.75, 3.05) is 19.3 Å². The summed E-state index contributed by atoms with van der Waals surface area (Å²) in [6.07, 6.45) is 8.95. The molecule has 1 aliphatic carbocycles. The molecule has 0 aromatic heterocycles. The van der Waals surface area contributed by atoms with E-state index in [2.05, 4.69) is 11.4 Å². The fourth-order valence-electron chi connectivity index (χ4n) is 2.90. The molecule has 1 N–H and O–H groups in total. The van der Waals surface area contributed by atoms with E-state index in [-0.39, 0.29) is 19.0 Å². The Hall–Kier alpha value is -1.66. The summed E-state index contributed by atoms with van der Waals surface area (Å²) in [4.78, 5) is 12.1. The van der Waals surface area contributed by atoms with Crippen LogP contribution in [0.4, 0.5) is 0 Å². The number of aryl methyl sites for hydroxylation is 1. The molecule has 2 rings (SSSR count). The lowest BCUT2D eigenvalue weighted by Gasteiger charge is -2.20. The third-order valence-electron chi connectivity index (χ3n) is 4.42. The van der Waals surface area contributed by atoms with E-state index in [9.17, 15) is 13.2 Å². The second kappa shape index (κ2) is 9.15. The lowest BCUT2D eigenvalue weighted by molar-refractivity contribution is -0.121. The normalized spacial score (nSPS) is 15.1. The number of sulfonamides is 1. The molecule has 5 nitrogen and oxygen atoms in total. The monoisotopic (exact) mass is 364 g/mol. The van der Waals surface area contributed by atoms with Crippen LogP contribution < -0.4 is 5.32 Å². The van der Waals surface area contributed by atoms with Gasteiger partial charge in [-0.1, -0.05) is 41.5 Å². The maximum atomic E-state index is 12.1. The minimum atomic E-state index is -3.45. The number of nitrogens with zero attached hydrogens (tertiary/aromatic N) is 1. The Morgan fingerprint density at radius 2 is 1.92 bits per heavy atom. The van der Waals surface area contributed by atoms with Crippen LogP contribution in [0.2, 0.25) is 0 Å². The van der Waals surface area contributed by atoms with Crippen molar-refractivity contribution in [1.29, 1.82) is 0 Å². The summed E-state index contributed by atoms with van der Waals surface area (Å²) in [6, 6.07) is 7.66. The van der Waals surface area contributed by atoms with Crippen LogP contribution in [0, 0.1) is 6.92 Å². The molecular weight excluding hydrogens is 336 g/mol. The summed E-state index contributed by atoms with van der Waals surface area (Å²) < 4.78 is 25.2. The first kappa shape index (κ1) is 19.7. The number of benzene rings is 1. The first-order chi connectivity index (χ1) is 11.8. The van der Waals surface area contributed by atoms with E-state index in [0.717, 1.165) is 36.6 Å². The zero-order valence-corrected chi connectivity index (χ0v) is 15.9. The third kappa shape index (κ3) is 7.00. The van der Waals surface area contributed by atoms with E-state index < -0.39 is 10.0 Å². The highest BCUT2D eigenvalue weighted by molar-refractivity contribution is 7.88. The number of carbonyl (C=O) groups is 1. The molecule has 1 aromatic carbocycles.